The molecule has 162 valence electrons. The molecule has 1 aromatic rings. The molecule has 5 heteroatoms. The fourth-order valence-corrected chi connectivity index (χ4v) is 6.60. The highest BCUT2D eigenvalue weighted by Crippen LogP contribution is 2.51. The van der Waals surface area contributed by atoms with Crippen molar-refractivity contribution >= 4 is 11.8 Å². The van der Waals surface area contributed by atoms with Gasteiger partial charge < -0.3 is 15.0 Å². The highest BCUT2D eigenvalue weighted by Gasteiger charge is 2.56. The maximum absolute atomic E-state index is 13.8. The van der Waals surface area contributed by atoms with E-state index in [1.54, 1.807) is 0 Å². The number of nitrogens with one attached hydrogen (secondary N) is 1. The second-order valence-corrected chi connectivity index (χ2v) is 9.68. The van der Waals surface area contributed by atoms with Gasteiger partial charge in [0.25, 0.3) is 5.91 Å². The summed E-state index contributed by atoms with van der Waals surface area (Å²) in [5.41, 5.74) is 1.29. The van der Waals surface area contributed by atoms with Crippen molar-refractivity contribution in [2.24, 2.45) is 0 Å². The molecule has 2 atom stereocenters. The van der Waals surface area contributed by atoms with Gasteiger partial charge in [-0.3, -0.25) is 9.59 Å². The Labute approximate surface area is 179 Å². The zero-order valence-electron chi connectivity index (χ0n) is 17.9. The van der Waals surface area contributed by atoms with Gasteiger partial charge in [-0.1, -0.05) is 50.3 Å². The minimum atomic E-state index is -0.376. The summed E-state index contributed by atoms with van der Waals surface area (Å²) in [4.78, 5) is 29.7. The van der Waals surface area contributed by atoms with E-state index in [2.05, 4.69) is 10.2 Å². The molecule has 2 aliphatic heterocycles. The van der Waals surface area contributed by atoms with E-state index in [-0.39, 0.29) is 35.4 Å². The van der Waals surface area contributed by atoms with Crippen molar-refractivity contribution < 1.29 is 14.3 Å². The number of fused-ring (bicyclic) bond motifs is 1. The molecular formula is C25H34N2O3. The number of hydrogen-bond acceptors (Lipinski definition) is 3. The van der Waals surface area contributed by atoms with Gasteiger partial charge in [-0.05, 0) is 50.2 Å². The summed E-state index contributed by atoms with van der Waals surface area (Å²) in [6.07, 6.45) is 12.0. The van der Waals surface area contributed by atoms with E-state index < -0.39 is 0 Å². The van der Waals surface area contributed by atoms with E-state index in [1.165, 1.54) is 19.3 Å². The van der Waals surface area contributed by atoms with Crippen LogP contribution in [0.25, 0.3) is 0 Å². The number of carbonyl (C=O) groups excluding carboxylic acids is 2. The number of carbonyl (C=O) groups is 2. The fraction of sp³-hybridized carbons (Fsp3) is 0.680. The van der Waals surface area contributed by atoms with Crippen molar-refractivity contribution in [1.29, 1.82) is 0 Å². The third-order valence-corrected chi connectivity index (χ3v) is 7.94. The van der Waals surface area contributed by atoms with Crippen LogP contribution in [-0.4, -0.2) is 47.6 Å². The second kappa shape index (κ2) is 8.33. The Kier molecular flexibility index (Phi) is 5.57. The molecular weight excluding hydrogens is 376 g/mol. The maximum Gasteiger partial charge on any atom is 0.254 e. The molecule has 0 aromatic heterocycles. The molecule has 4 aliphatic rings. The first-order valence-corrected chi connectivity index (χ1v) is 12.0. The molecule has 0 bridgehead atoms. The molecule has 2 saturated carbocycles. The van der Waals surface area contributed by atoms with Crippen molar-refractivity contribution in [2.45, 2.75) is 94.2 Å². The van der Waals surface area contributed by atoms with Crippen molar-refractivity contribution in [1.82, 2.24) is 10.2 Å². The minimum Gasteiger partial charge on any atom is -0.376 e. The zero-order chi connectivity index (χ0) is 20.6. The normalized spacial score (nSPS) is 28.7. The Balaban J connectivity index is 1.54. The summed E-state index contributed by atoms with van der Waals surface area (Å²) in [6.45, 7) is 1.37. The van der Waals surface area contributed by atoms with Crippen LogP contribution in [0.4, 0.5) is 0 Å². The predicted molar refractivity (Wildman–Crippen MR) is 115 cm³/mol. The average molecular weight is 411 g/mol. The lowest BCUT2D eigenvalue weighted by Crippen LogP contribution is -2.65. The van der Waals surface area contributed by atoms with Gasteiger partial charge in [-0.15, -0.1) is 0 Å². The summed E-state index contributed by atoms with van der Waals surface area (Å²) >= 11 is 0. The molecule has 2 amide bonds. The van der Waals surface area contributed by atoms with Gasteiger partial charge in [0.1, 0.15) is 0 Å². The molecule has 5 nitrogen and oxygen atoms in total. The first kappa shape index (κ1) is 20.0. The van der Waals surface area contributed by atoms with Gasteiger partial charge in [-0.2, -0.15) is 0 Å². The summed E-state index contributed by atoms with van der Waals surface area (Å²) in [5.74, 6) is -0.0494. The average Bonchev–Trinajstić information content (AvgIpc) is 3.48. The summed E-state index contributed by atoms with van der Waals surface area (Å²) < 4.78 is 5.74. The number of amides is 2. The number of benzene rings is 1. The smallest absolute Gasteiger partial charge is 0.254 e. The van der Waals surface area contributed by atoms with E-state index >= 15 is 0 Å². The molecule has 3 fully saturated rings. The molecule has 2 heterocycles. The van der Waals surface area contributed by atoms with Crippen LogP contribution in [-0.2, 0) is 9.53 Å². The highest BCUT2D eigenvalue weighted by molar-refractivity contribution is 6.02. The van der Waals surface area contributed by atoms with Crippen LogP contribution in [0.3, 0.4) is 0 Å². The number of rotatable bonds is 4. The third-order valence-electron chi connectivity index (χ3n) is 7.94. The SMILES string of the molecule is O=C(NC[C@H]1CCCO1)[C@H]1c2ccccc2C(=O)N(C2CCCC2)C12CCCCC2. The van der Waals surface area contributed by atoms with Gasteiger partial charge in [0, 0.05) is 24.8 Å². The topological polar surface area (TPSA) is 58.6 Å². The zero-order valence-corrected chi connectivity index (χ0v) is 17.9. The van der Waals surface area contributed by atoms with Gasteiger partial charge in [0.05, 0.1) is 17.6 Å². The first-order chi connectivity index (χ1) is 14.7. The van der Waals surface area contributed by atoms with Crippen LogP contribution in [0.5, 0.6) is 0 Å². The van der Waals surface area contributed by atoms with Gasteiger partial charge in [0.2, 0.25) is 5.91 Å². The summed E-state index contributed by atoms with van der Waals surface area (Å²) in [6, 6.07) is 8.14. The summed E-state index contributed by atoms with van der Waals surface area (Å²) in [7, 11) is 0. The number of nitrogens with zero attached hydrogens (tertiary/aromatic N) is 1. The highest BCUT2D eigenvalue weighted by atomic mass is 16.5. The number of ether oxygens (including phenoxy) is 1. The minimum absolute atomic E-state index is 0.0790. The maximum atomic E-state index is 13.8. The molecule has 5 rings (SSSR count). The van der Waals surface area contributed by atoms with E-state index in [4.69, 9.17) is 4.74 Å². The van der Waals surface area contributed by atoms with E-state index in [0.29, 0.717) is 6.54 Å². The van der Waals surface area contributed by atoms with Crippen LogP contribution >= 0.6 is 0 Å². The van der Waals surface area contributed by atoms with E-state index in [1.807, 2.05) is 24.3 Å². The van der Waals surface area contributed by atoms with Crippen molar-refractivity contribution in [3.8, 4) is 0 Å². The molecule has 2 aliphatic carbocycles. The third kappa shape index (κ3) is 3.35. The lowest BCUT2D eigenvalue weighted by atomic mass is 9.64. The van der Waals surface area contributed by atoms with E-state index in [0.717, 1.165) is 69.1 Å². The Morgan fingerprint density at radius 1 is 1.03 bits per heavy atom. The van der Waals surface area contributed by atoms with Crippen LogP contribution in [0.1, 0.15) is 92.5 Å². The standard InChI is InChI=1S/C25H34N2O3/c28-23(26-17-19-11-8-16-30-19)22-20-12-4-5-13-21(20)24(29)27(18-9-2-3-10-18)25(22)14-6-1-7-15-25/h4-5,12-13,18-19,22H,1-3,6-11,14-17H2,(H,26,28)/t19-,22-/m1/s1. The van der Waals surface area contributed by atoms with Crippen molar-refractivity contribution in [3.05, 3.63) is 35.4 Å². The van der Waals surface area contributed by atoms with Gasteiger partial charge >= 0.3 is 0 Å². The largest absolute Gasteiger partial charge is 0.376 e. The monoisotopic (exact) mass is 410 g/mol. The van der Waals surface area contributed by atoms with Crippen LogP contribution in [0.15, 0.2) is 24.3 Å². The Morgan fingerprint density at radius 2 is 1.80 bits per heavy atom. The molecule has 1 spiro atoms. The van der Waals surface area contributed by atoms with Crippen LogP contribution in [0, 0.1) is 0 Å². The van der Waals surface area contributed by atoms with Crippen molar-refractivity contribution in [2.75, 3.05) is 13.2 Å². The second-order valence-electron chi connectivity index (χ2n) is 9.68. The molecule has 1 saturated heterocycles. The van der Waals surface area contributed by atoms with Gasteiger partial charge in [0.15, 0.2) is 0 Å². The molecule has 0 radical (unpaired) electrons. The number of hydrogen-bond donors (Lipinski definition) is 1. The Hall–Kier alpha value is -1.88. The van der Waals surface area contributed by atoms with Gasteiger partial charge in [-0.25, -0.2) is 0 Å². The Morgan fingerprint density at radius 3 is 2.53 bits per heavy atom. The quantitative estimate of drug-likeness (QED) is 0.811. The van der Waals surface area contributed by atoms with Crippen LogP contribution < -0.4 is 5.32 Å². The molecule has 0 unspecified atom stereocenters. The molecule has 30 heavy (non-hydrogen) atoms. The summed E-state index contributed by atoms with van der Waals surface area (Å²) in [5, 5.41) is 3.23. The molecule has 1 N–H and O–H groups in total. The lowest BCUT2D eigenvalue weighted by molar-refractivity contribution is -0.128. The first-order valence-electron chi connectivity index (χ1n) is 12.0. The predicted octanol–water partition coefficient (Wildman–Crippen LogP) is 4.17. The fourth-order valence-electron chi connectivity index (χ4n) is 6.60. The van der Waals surface area contributed by atoms with Crippen molar-refractivity contribution in [3.63, 3.8) is 0 Å². The van der Waals surface area contributed by atoms with E-state index in [9.17, 15) is 9.59 Å². The molecule has 1 aromatic carbocycles. The van der Waals surface area contributed by atoms with Crippen LogP contribution in [0.2, 0.25) is 0 Å². The lowest BCUT2D eigenvalue weighted by Gasteiger charge is -2.56. The Bertz CT molecular complexity index is 789.